The van der Waals surface area contributed by atoms with Crippen LogP contribution in [-0.2, 0) is 21.4 Å². The second kappa shape index (κ2) is 9.90. The molecular weight excluding hydrogens is 400 g/mol. The SMILES string of the molecule is CCOc1cc(CNC(=O)C(NS(=O)(=O)c2cccs2)C(C)C)ccc1OC. The van der Waals surface area contributed by atoms with Gasteiger partial charge >= 0.3 is 0 Å². The van der Waals surface area contributed by atoms with Gasteiger partial charge in [-0.15, -0.1) is 11.3 Å². The first kappa shape index (κ1) is 22.2. The molecule has 0 saturated carbocycles. The molecule has 0 aliphatic carbocycles. The number of benzene rings is 1. The first-order chi connectivity index (χ1) is 13.3. The Labute approximate surface area is 170 Å². The Bertz CT molecular complexity index is 880. The second-order valence-electron chi connectivity index (χ2n) is 6.41. The number of rotatable bonds is 10. The highest BCUT2D eigenvalue weighted by atomic mass is 32.2. The molecular formula is C19H26N2O5S2. The number of methoxy groups -OCH3 is 1. The molecule has 2 aromatic rings. The fourth-order valence-electron chi connectivity index (χ4n) is 2.53. The van der Waals surface area contributed by atoms with Gasteiger partial charge in [-0.1, -0.05) is 26.0 Å². The van der Waals surface area contributed by atoms with Gasteiger partial charge in [-0.2, -0.15) is 4.72 Å². The number of carbonyl (C=O) groups excluding carboxylic acids is 1. The maximum atomic E-state index is 12.6. The standard InChI is InChI=1S/C19H26N2O5S2/c1-5-26-16-11-14(8-9-15(16)25-4)12-20-19(22)18(13(2)3)21-28(23,24)17-7-6-10-27-17/h6-11,13,18,21H,5,12H2,1-4H3,(H,20,22). The summed E-state index contributed by atoms with van der Waals surface area (Å²) in [6.07, 6.45) is 0. The van der Waals surface area contributed by atoms with Crippen molar-refractivity contribution in [2.75, 3.05) is 13.7 Å². The van der Waals surface area contributed by atoms with E-state index >= 15 is 0 Å². The maximum absolute atomic E-state index is 12.6. The molecule has 154 valence electrons. The first-order valence-corrected chi connectivity index (χ1v) is 11.3. The van der Waals surface area contributed by atoms with Crippen LogP contribution in [0.25, 0.3) is 0 Å². The minimum atomic E-state index is -3.74. The normalized spacial score (nSPS) is 12.6. The zero-order valence-electron chi connectivity index (χ0n) is 16.4. The van der Waals surface area contributed by atoms with E-state index in [-0.39, 0.29) is 22.6 Å². The Hall–Kier alpha value is -2.10. The Morgan fingerprint density at radius 1 is 1.21 bits per heavy atom. The minimum absolute atomic E-state index is 0.183. The molecule has 1 unspecified atom stereocenters. The molecule has 2 rings (SSSR count). The van der Waals surface area contributed by atoms with E-state index in [1.54, 1.807) is 44.5 Å². The maximum Gasteiger partial charge on any atom is 0.250 e. The van der Waals surface area contributed by atoms with E-state index in [0.29, 0.717) is 18.1 Å². The summed E-state index contributed by atoms with van der Waals surface area (Å²) in [6, 6.07) is 7.67. The Morgan fingerprint density at radius 2 is 1.96 bits per heavy atom. The van der Waals surface area contributed by atoms with Crippen molar-refractivity contribution < 1.29 is 22.7 Å². The van der Waals surface area contributed by atoms with Crippen LogP contribution in [0, 0.1) is 5.92 Å². The van der Waals surface area contributed by atoms with E-state index in [2.05, 4.69) is 10.0 Å². The van der Waals surface area contributed by atoms with Gasteiger partial charge in [0.05, 0.1) is 13.7 Å². The lowest BCUT2D eigenvalue weighted by atomic mass is 10.0. The highest BCUT2D eigenvalue weighted by molar-refractivity contribution is 7.91. The van der Waals surface area contributed by atoms with Crippen LogP contribution in [0.5, 0.6) is 11.5 Å². The topological polar surface area (TPSA) is 93.7 Å². The fourth-order valence-corrected chi connectivity index (χ4v) is 4.89. The van der Waals surface area contributed by atoms with Crippen molar-refractivity contribution in [3.63, 3.8) is 0 Å². The van der Waals surface area contributed by atoms with Gasteiger partial charge in [0.2, 0.25) is 5.91 Å². The Balaban J connectivity index is 2.08. The van der Waals surface area contributed by atoms with Crippen LogP contribution in [-0.4, -0.2) is 34.1 Å². The number of amides is 1. The van der Waals surface area contributed by atoms with Crippen LogP contribution in [0.3, 0.4) is 0 Å². The molecule has 0 saturated heterocycles. The molecule has 1 amide bonds. The lowest BCUT2D eigenvalue weighted by Gasteiger charge is -2.21. The molecule has 9 heteroatoms. The zero-order valence-corrected chi connectivity index (χ0v) is 18.0. The zero-order chi connectivity index (χ0) is 20.7. The van der Waals surface area contributed by atoms with Gasteiger partial charge in [0.1, 0.15) is 10.3 Å². The summed E-state index contributed by atoms with van der Waals surface area (Å²) in [6.45, 7) is 6.20. The van der Waals surface area contributed by atoms with Gasteiger partial charge < -0.3 is 14.8 Å². The van der Waals surface area contributed by atoms with Gasteiger partial charge in [-0.05, 0) is 42.0 Å². The summed E-state index contributed by atoms with van der Waals surface area (Å²) in [7, 11) is -2.18. The molecule has 1 aromatic carbocycles. The lowest BCUT2D eigenvalue weighted by Crippen LogP contribution is -2.49. The van der Waals surface area contributed by atoms with Crippen molar-refractivity contribution in [2.24, 2.45) is 5.92 Å². The van der Waals surface area contributed by atoms with Crippen molar-refractivity contribution in [3.05, 3.63) is 41.3 Å². The summed E-state index contributed by atoms with van der Waals surface area (Å²) in [5, 5.41) is 4.48. The molecule has 0 aliphatic rings. The van der Waals surface area contributed by atoms with Crippen molar-refractivity contribution in [2.45, 2.75) is 37.6 Å². The number of sulfonamides is 1. The van der Waals surface area contributed by atoms with E-state index in [4.69, 9.17) is 9.47 Å². The molecule has 1 heterocycles. The lowest BCUT2D eigenvalue weighted by molar-refractivity contribution is -0.123. The number of carbonyl (C=O) groups is 1. The number of ether oxygens (including phenoxy) is 2. The van der Waals surface area contributed by atoms with Crippen molar-refractivity contribution in [1.29, 1.82) is 0 Å². The monoisotopic (exact) mass is 426 g/mol. The van der Waals surface area contributed by atoms with E-state index in [0.717, 1.165) is 16.9 Å². The van der Waals surface area contributed by atoms with Crippen molar-refractivity contribution >= 4 is 27.3 Å². The van der Waals surface area contributed by atoms with Crippen LogP contribution >= 0.6 is 11.3 Å². The smallest absolute Gasteiger partial charge is 0.250 e. The average molecular weight is 427 g/mol. The van der Waals surface area contributed by atoms with Crippen LogP contribution in [0.1, 0.15) is 26.3 Å². The molecule has 0 radical (unpaired) electrons. The predicted molar refractivity (Wildman–Crippen MR) is 109 cm³/mol. The first-order valence-electron chi connectivity index (χ1n) is 8.91. The Kier molecular flexibility index (Phi) is 7.85. The minimum Gasteiger partial charge on any atom is -0.493 e. The molecule has 0 aliphatic heterocycles. The van der Waals surface area contributed by atoms with Crippen LogP contribution < -0.4 is 19.5 Å². The summed E-state index contributed by atoms with van der Waals surface area (Å²) >= 11 is 1.11. The van der Waals surface area contributed by atoms with Crippen LogP contribution in [0.15, 0.2) is 39.9 Å². The second-order valence-corrected chi connectivity index (χ2v) is 9.30. The number of hydrogen-bond acceptors (Lipinski definition) is 6. The highest BCUT2D eigenvalue weighted by Gasteiger charge is 2.28. The molecule has 0 bridgehead atoms. The fraction of sp³-hybridized carbons (Fsp3) is 0.421. The van der Waals surface area contributed by atoms with Gasteiger partial charge in [0.15, 0.2) is 11.5 Å². The molecule has 1 aromatic heterocycles. The van der Waals surface area contributed by atoms with Gasteiger partial charge in [-0.25, -0.2) is 8.42 Å². The quantitative estimate of drug-likeness (QED) is 0.609. The third-order valence-electron chi connectivity index (χ3n) is 3.99. The molecule has 2 N–H and O–H groups in total. The van der Waals surface area contributed by atoms with E-state index < -0.39 is 16.1 Å². The molecule has 0 spiro atoms. The van der Waals surface area contributed by atoms with Gasteiger partial charge in [0, 0.05) is 6.54 Å². The van der Waals surface area contributed by atoms with E-state index in [1.165, 1.54) is 6.07 Å². The summed E-state index contributed by atoms with van der Waals surface area (Å²) in [4.78, 5) is 12.6. The van der Waals surface area contributed by atoms with Gasteiger partial charge in [-0.3, -0.25) is 4.79 Å². The number of hydrogen-bond donors (Lipinski definition) is 2. The third-order valence-corrected chi connectivity index (χ3v) is 6.82. The van der Waals surface area contributed by atoms with Gasteiger partial charge in [0.25, 0.3) is 10.0 Å². The summed E-state index contributed by atoms with van der Waals surface area (Å²) in [5.74, 6) is 0.602. The predicted octanol–water partition coefficient (Wildman–Crippen LogP) is 2.77. The third kappa shape index (κ3) is 5.70. The number of thiophene rings is 1. The van der Waals surface area contributed by atoms with Crippen molar-refractivity contribution in [3.8, 4) is 11.5 Å². The molecule has 7 nitrogen and oxygen atoms in total. The molecule has 1 atom stereocenters. The number of nitrogens with one attached hydrogen (secondary N) is 2. The highest BCUT2D eigenvalue weighted by Crippen LogP contribution is 2.28. The summed E-state index contributed by atoms with van der Waals surface area (Å²) < 4.78 is 38.4. The van der Waals surface area contributed by atoms with Crippen LogP contribution in [0.4, 0.5) is 0 Å². The van der Waals surface area contributed by atoms with Crippen molar-refractivity contribution in [1.82, 2.24) is 10.0 Å². The summed E-state index contributed by atoms with van der Waals surface area (Å²) in [5.41, 5.74) is 0.821. The average Bonchev–Trinajstić information content (AvgIpc) is 3.20. The molecule has 0 fully saturated rings. The van der Waals surface area contributed by atoms with Crippen LogP contribution in [0.2, 0.25) is 0 Å². The van der Waals surface area contributed by atoms with E-state index in [9.17, 15) is 13.2 Å². The Morgan fingerprint density at radius 3 is 2.54 bits per heavy atom. The molecule has 28 heavy (non-hydrogen) atoms. The van der Waals surface area contributed by atoms with E-state index in [1.807, 2.05) is 13.0 Å². The largest absolute Gasteiger partial charge is 0.493 e.